The largest absolute Gasteiger partial charge is 0.308 e. The predicted octanol–water partition coefficient (Wildman–Crippen LogP) is 14.4. The highest BCUT2D eigenvalue weighted by Gasteiger charge is 2.24. The number of hydrogen-bond donors (Lipinski definition) is 0. The lowest BCUT2D eigenvalue weighted by Gasteiger charge is -2.17. The number of para-hydroxylation sites is 3. The zero-order valence-electron chi connectivity index (χ0n) is 33.6. The lowest BCUT2D eigenvalue weighted by Crippen LogP contribution is -2.06. The van der Waals surface area contributed by atoms with Crippen molar-refractivity contribution in [3.63, 3.8) is 0 Å². The van der Waals surface area contributed by atoms with Crippen molar-refractivity contribution in [3.05, 3.63) is 224 Å². The predicted molar refractivity (Wildman–Crippen MR) is 256 cm³/mol. The molecule has 5 nitrogen and oxygen atoms in total. The molecule has 0 fully saturated rings. The molecule has 0 aliphatic heterocycles. The van der Waals surface area contributed by atoms with Gasteiger partial charge in [0.15, 0.2) is 11.6 Å². The Balaban J connectivity index is 1.14. The standard InChI is InChI=1S/C57H37N5/c1-5-19-38(20-6-1)43-34-33-42(37-48(43)39-21-7-2-8-22-39)44-27-13-16-30-49(44)61-50-31-17-14-28-45(50)46-35-36-52-53(54(46)61)47-29-15-18-32-51(47)62(52)57-59-55(40-23-9-3-10-24-40)58-56(60-57)41-25-11-4-12-26-41/h1-37H. The average Bonchev–Trinajstić information content (AvgIpc) is 3.88. The molecule has 0 aliphatic rings. The Bertz CT molecular complexity index is 3550. The molecule has 0 unspecified atom stereocenters. The first-order valence-corrected chi connectivity index (χ1v) is 21.0. The van der Waals surface area contributed by atoms with Gasteiger partial charge in [-0.15, -0.1) is 0 Å². The number of hydrogen-bond acceptors (Lipinski definition) is 3. The van der Waals surface area contributed by atoms with Crippen LogP contribution in [0, 0.1) is 0 Å². The number of fused-ring (bicyclic) bond motifs is 7. The quantitative estimate of drug-likeness (QED) is 0.162. The Morgan fingerprint density at radius 2 is 0.806 bits per heavy atom. The van der Waals surface area contributed by atoms with Crippen LogP contribution in [0.3, 0.4) is 0 Å². The lowest BCUT2D eigenvalue weighted by molar-refractivity contribution is 0.953. The van der Waals surface area contributed by atoms with Gasteiger partial charge in [-0.05, 0) is 58.1 Å². The molecule has 12 aromatic rings. The summed E-state index contributed by atoms with van der Waals surface area (Å²) in [6, 6.07) is 79.4. The van der Waals surface area contributed by atoms with Crippen LogP contribution in [-0.4, -0.2) is 24.1 Å². The molecule has 290 valence electrons. The fraction of sp³-hybridized carbons (Fsp3) is 0. The molecule has 0 spiro atoms. The van der Waals surface area contributed by atoms with E-state index in [1.807, 2.05) is 36.4 Å². The highest BCUT2D eigenvalue weighted by atomic mass is 15.2. The van der Waals surface area contributed by atoms with Crippen molar-refractivity contribution in [2.45, 2.75) is 0 Å². The van der Waals surface area contributed by atoms with Crippen molar-refractivity contribution in [1.29, 1.82) is 0 Å². The van der Waals surface area contributed by atoms with Gasteiger partial charge >= 0.3 is 0 Å². The Labute approximate surface area is 358 Å². The number of benzene rings is 9. The Morgan fingerprint density at radius 3 is 1.45 bits per heavy atom. The third-order valence-electron chi connectivity index (χ3n) is 12.0. The number of rotatable bonds is 7. The topological polar surface area (TPSA) is 48.5 Å². The monoisotopic (exact) mass is 791 g/mol. The van der Waals surface area contributed by atoms with Crippen molar-refractivity contribution in [1.82, 2.24) is 24.1 Å². The lowest BCUT2D eigenvalue weighted by atomic mass is 9.90. The van der Waals surface area contributed by atoms with Crippen LogP contribution >= 0.6 is 0 Å². The van der Waals surface area contributed by atoms with Crippen molar-refractivity contribution in [2.24, 2.45) is 0 Å². The molecular weight excluding hydrogens is 755 g/mol. The first-order valence-electron chi connectivity index (χ1n) is 21.0. The number of nitrogens with zero attached hydrogens (tertiary/aromatic N) is 5. The SMILES string of the molecule is c1ccc(-c2nc(-c3ccccc3)nc(-n3c4ccccc4c4c3ccc3c5ccccc5n(-c5ccccc5-c5ccc(-c6ccccc6)c(-c6ccccc6)c5)c34)n2)cc1. The van der Waals surface area contributed by atoms with Gasteiger partial charge in [0.1, 0.15) is 0 Å². The van der Waals surface area contributed by atoms with Crippen molar-refractivity contribution >= 4 is 43.6 Å². The summed E-state index contributed by atoms with van der Waals surface area (Å²) in [4.78, 5) is 15.5. The van der Waals surface area contributed by atoms with Gasteiger partial charge in [0, 0.05) is 38.2 Å². The summed E-state index contributed by atoms with van der Waals surface area (Å²) >= 11 is 0. The fourth-order valence-electron chi connectivity index (χ4n) is 9.22. The third-order valence-corrected chi connectivity index (χ3v) is 12.0. The first-order chi connectivity index (χ1) is 30.8. The molecule has 0 radical (unpaired) electrons. The van der Waals surface area contributed by atoms with E-state index in [4.69, 9.17) is 15.0 Å². The second-order valence-corrected chi connectivity index (χ2v) is 15.6. The van der Waals surface area contributed by atoms with Crippen LogP contribution in [0.25, 0.3) is 111 Å². The highest BCUT2D eigenvalue weighted by Crippen LogP contribution is 2.44. The van der Waals surface area contributed by atoms with E-state index >= 15 is 0 Å². The first kappa shape index (κ1) is 35.5. The van der Waals surface area contributed by atoms with Gasteiger partial charge in [-0.25, -0.2) is 4.98 Å². The van der Waals surface area contributed by atoms with Crippen LogP contribution < -0.4 is 0 Å². The molecule has 12 rings (SSSR count). The van der Waals surface area contributed by atoms with Gasteiger partial charge in [0.25, 0.3) is 0 Å². The van der Waals surface area contributed by atoms with Crippen molar-refractivity contribution < 1.29 is 0 Å². The molecular formula is C57H37N5. The normalized spacial score (nSPS) is 11.5. The number of aromatic nitrogens is 5. The minimum atomic E-state index is 0.568. The molecule has 0 amide bonds. The molecule has 0 bridgehead atoms. The van der Waals surface area contributed by atoms with Crippen LogP contribution in [0.1, 0.15) is 0 Å². The highest BCUT2D eigenvalue weighted by molar-refractivity contribution is 6.26. The molecule has 0 aliphatic carbocycles. The van der Waals surface area contributed by atoms with Gasteiger partial charge < -0.3 is 4.57 Å². The van der Waals surface area contributed by atoms with E-state index in [1.165, 1.54) is 33.0 Å². The zero-order valence-corrected chi connectivity index (χ0v) is 33.6. The molecule has 5 heteroatoms. The van der Waals surface area contributed by atoms with Crippen LogP contribution in [0.2, 0.25) is 0 Å². The van der Waals surface area contributed by atoms with Gasteiger partial charge in [0.05, 0.1) is 27.8 Å². The van der Waals surface area contributed by atoms with Crippen molar-refractivity contribution in [3.8, 4) is 67.8 Å². The molecule has 0 saturated carbocycles. The second kappa shape index (κ2) is 14.7. The van der Waals surface area contributed by atoms with Crippen LogP contribution in [0.15, 0.2) is 224 Å². The fourth-order valence-corrected chi connectivity index (χ4v) is 9.22. The summed E-state index contributed by atoms with van der Waals surface area (Å²) < 4.78 is 4.69. The molecule has 0 saturated heterocycles. The van der Waals surface area contributed by atoms with E-state index in [-0.39, 0.29) is 0 Å². The maximum atomic E-state index is 5.23. The van der Waals surface area contributed by atoms with Crippen LogP contribution in [0.4, 0.5) is 0 Å². The molecule has 0 atom stereocenters. The van der Waals surface area contributed by atoms with E-state index in [1.54, 1.807) is 0 Å². The summed E-state index contributed by atoms with van der Waals surface area (Å²) in [5, 5.41) is 4.63. The summed E-state index contributed by atoms with van der Waals surface area (Å²) in [5.74, 6) is 1.81. The van der Waals surface area contributed by atoms with Crippen LogP contribution in [-0.2, 0) is 0 Å². The Hall–Kier alpha value is -8.41. The second-order valence-electron chi connectivity index (χ2n) is 15.6. The maximum absolute atomic E-state index is 5.23. The zero-order chi connectivity index (χ0) is 41.0. The van der Waals surface area contributed by atoms with Crippen molar-refractivity contribution in [2.75, 3.05) is 0 Å². The smallest absolute Gasteiger partial charge is 0.238 e. The molecule has 0 N–H and O–H groups in total. The molecule has 9 aromatic carbocycles. The summed E-state index contributed by atoms with van der Waals surface area (Å²) in [7, 11) is 0. The van der Waals surface area contributed by atoms with E-state index in [0.29, 0.717) is 17.6 Å². The Morgan fingerprint density at radius 1 is 0.290 bits per heavy atom. The molecule has 3 heterocycles. The van der Waals surface area contributed by atoms with Gasteiger partial charge in [-0.2, -0.15) is 9.97 Å². The third kappa shape index (κ3) is 5.82. The Kier molecular flexibility index (Phi) is 8.42. The van der Waals surface area contributed by atoms with Crippen LogP contribution in [0.5, 0.6) is 0 Å². The van der Waals surface area contributed by atoms with Gasteiger partial charge in [-0.1, -0.05) is 194 Å². The summed E-state index contributed by atoms with van der Waals surface area (Å²) in [6.45, 7) is 0. The van der Waals surface area contributed by atoms with Gasteiger partial charge in [-0.3, -0.25) is 4.57 Å². The molecule has 62 heavy (non-hydrogen) atoms. The average molecular weight is 792 g/mol. The van der Waals surface area contributed by atoms with Gasteiger partial charge in [0.2, 0.25) is 5.95 Å². The van der Waals surface area contributed by atoms with E-state index in [9.17, 15) is 0 Å². The minimum absolute atomic E-state index is 0.568. The van der Waals surface area contributed by atoms with E-state index in [0.717, 1.165) is 60.8 Å². The van der Waals surface area contributed by atoms with E-state index in [2.05, 4.69) is 197 Å². The molecule has 3 aromatic heterocycles. The van der Waals surface area contributed by atoms with E-state index < -0.39 is 0 Å². The maximum Gasteiger partial charge on any atom is 0.238 e. The summed E-state index contributed by atoms with van der Waals surface area (Å²) in [6.07, 6.45) is 0. The summed E-state index contributed by atoms with van der Waals surface area (Å²) in [5.41, 5.74) is 14.3. The minimum Gasteiger partial charge on any atom is -0.308 e.